The van der Waals surface area contributed by atoms with E-state index in [4.69, 9.17) is 10.5 Å². The fourth-order valence-electron chi connectivity index (χ4n) is 1.14. The van der Waals surface area contributed by atoms with Crippen molar-refractivity contribution >= 4 is 12.1 Å². The molecule has 104 valence electrons. The summed E-state index contributed by atoms with van der Waals surface area (Å²) < 4.78 is 42.1. The lowest BCUT2D eigenvalue weighted by molar-refractivity contribution is -0.269. The van der Waals surface area contributed by atoms with E-state index in [2.05, 4.69) is 10.1 Å². The molecule has 2 N–H and O–H groups in total. The van der Waals surface area contributed by atoms with Gasteiger partial charge in [0.15, 0.2) is 11.6 Å². The van der Waals surface area contributed by atoms with Crippen LogP contribution in [-0.4, -0.2) is 48.2 Å². The van der Waals surface area contributed by atoms with Gasteiger partial charge >= 0.3 is 6.18 Å². The standard InChI is InChI=1S/C9H14F3N3O3/c1-8(2,9(10,11)12)17-4-3-15-6(7(13)16)5-14-18-15/h5-6H,3-4H2,1-2H3,(H2,13,16). The number of ether oxygens (including phenoxy) is 1. The van der Waals surface area contributed by atoms with Crippen LogP contribution in [0.4, 0.5) is 13.2 Å². The number of carbonyl (C=O) groups excluding carboxylic acids is 1. The molecule has 1 heterocycles. The highest BCUT2D eigenvalue weighted by atomic mass is 19.4. The van der Waals surface area contributed by atoms with Gasteiger partial charge in [0.25, 0.3) is 0 Å². The number of hydrogen-bond acceptors (Lipinski definition) is 5. The van der Waals surface area contributed by atoms with Crippen molar-refractivity contribution in [2.24, 2.45) is 10.9 Å². The van der Waals surface area contributed by atoms with Gasteiger partial charge in [-0.15, -0.1) is 0 Å². The second kappa shape index (κ2) is 5.11. The van der Waals surface area contributed by atoms with Crippen molar-refractivity contribution in [1.29, 1.82) is 0 Å². The first kappa shape index (κ1) is 14.7. The average Bonchev–Trinajstić information content (AvgIpc) is 2.63. The summed E-state index contributed by atoms with van der Waals surface area (Å²) in [5.41, 5.74) is 2.77. The first-order valence-electron chi connectivity index (χ1n) is 5.12. The van der Waals surface area contributed by atoms with Crippen molar-refractivity contribution in [3.63, 3.8) is 0 Å². The molecule has 1 aliphatic heterocycles. The van der Waals surface area contributed by atoms with E-state index in [9.17, 15) is 18.0 Å². The Balaban J connectivity index is 2.41. The van der Waals surface area contributed by atoms with Gasteiger partial charge in [-0.25, -0.2) is 0 Å². The number of amides is 1. The van der Waals surface area contributed by atoms with Crippen LogP contribution in [0.25, 0.3) is 0 Å². The lowest BCUT2D eigenvalue weighted by atomic mass is 10.1. The number of hydroxylamine groups is 2. The van der Waals surface area contributed by atoms with E-state index in [0.717, 1.165) is 25.1 Å². The van der Waals surface area contributed by atoms with Crippen molar-refractivity contribution < 1.29 is 27.6 Å². The van der Waals surface area contributed by atoms with Gasteiger partial charge in [-0.05, 0) is 13.8 Å². The first-order chi connectivity index (χ1) is 8.15. The number of carbonyl (C=O) groups is 1. The predicted molar refractivity (Wildman–Crippen MR) is 55.4 cm³/mol. The number of nitrogens with zero attached hydrogens (tertiary/aromatic N) is 2. The summed E-state index contributed by atoms with van der Waals surface area (Å²) in [6.45, 7) is 1.49. The number of primary amides is 1. The monoisotopic (exact) mass is 269 g/mol. The molecule has 0 spiro atoms. The second-order valence-corrected chi connectivity index (χ2v) is 4.18. The van der Waals surface area contributed by atoms with Crippen LogP contribution in [0.5, 0.6) is 0 Å². The van der Waals surface area contributed by atoms with E-state index in [1.165, 1.54) is 0 Å². The molecule has 0 aromatic heterocycles. The maximum Gasteiger partial charge on any atom is 0.416 e. The van der Waals surface area contributed by atoms with Gasteiger partial charge < -0.3 is 10.5 Å². The Hall–Kier alpha value is -1.35. The highest BCUT2D eigenvalue weighted by Crippen LogP contribution is 2.32. The third-order valence-corrected chi connectivity index (χ3v) is 2.41. The zero-order valence-corrected chi connectivity index (χ0v) is 9.90. The third kappa shape index (κ3) is 3.33. The quantitative estimate of drug-likeness (QED) is 0.785. The Labute approximate surface area is 101 Å². The molecule has 6 nitrogen and oxygen atoms in total. The van der Waals surface area contributed by atoms with E-state index in [-0.39, 0.29) is 13.2 Å². The summed E-state index contributed by atoms with van der Waals surface area (Å²) in [6.07, 6.45) is -3.31. The van der Waals surface area contributed by atoms with Crippen LogP contribution in [0.1, 0.15) is 13.8 Å². The molecule has 0 fully saturated rings. The van der Waals surface area contributed by atoms with Gasteiger partial charge in [0, 0.05) is 0 Å². The molecule has 1 rings (SSSR count). The fourth-order valence-corrected chi connectivity index (χ4v) is 1.14. The van der Waals surface area contributed by atoms with Crippen molar-refractivity contribution in [3.05, 3.63) is 0 Å². The number of alkyl halides is 3. The van der Waals surface area contributed by atoms with Gasteiger partial charge in [0.05, 0.1) is 19.4 Å². The van der Waals surface area contributed by atoms with E-state index in [1.807, 2.05) is 0 Å². The Morgan fingerprint density at radius 1 is 1.56 bits per heavy atom. The summed E-state index contributed by atoms with van der Waals surface area (Å²) in [5, 5.41) is 4.40. The number of rotatable bonds is 5. The summed E-state index contributed by atoms with van der Waals surface area (Å²) in [7, 11) is 0. The molecule has 1 amide bonds. The zero-order chi connectivity index (χ0) is 14.0. The average molecular weight is 269 g/mol. The lowest BCUT2D eigenvalue weighted by Gasteiger charge is -2.28. The molecule has 0 radical (unpaired) electrons. The van der Waals surface area contributed by atoms with Crippen molar-refractivity contribution in [3.8, 4) is 0 Å². The van der Waals surface area contributed by atoms with Crippen molar-refractivity contribution in [2.75, 3.05) is 13.2 Å². The van der Waals surface area contributed by atoms with Crippen LogP contribution in [0.15, 0.2) is 5.16 Å². The summed E-state index contributed by atoms with van der Waals surface area (Å²) >= 11 is 0. The molecule has 0 saturated carbocycles. The maximum atomic E-state index is 12.5. The van der Waals surface area contributed by atoms with Crippen molar-refractivity contribution in [1.82, 2.24) is 5.06 Å². The normalized spacial score (nSPS) is 21.1. The van der Waals surface area contributed by atoms with E-state index < -0.39 is 23.7 Å². The molecule has 1 atom stereocenters. The minimum absolute atomic E-state index is 0.0624. The van der Waals surface area contributed by atoms with Gasteiger partial charge in [-0.3, -0.25) is 9.73 Å². The van der Waals surface area contributed by atoms with Gasteiger partial charge in [-0.1, -0.05) is 10.2 Å². The van der Waals surface area contributed by atoms with Crippen LogP contribution in [0.2, 0.25) is 0 Å². The maximum absolute atomic E-state index is 12.5. The lowest BCUT2D eigenvalue weighted by Crippen LogP contribution is -2.46. The van der Waals surface area contributed by atoms with Crippen LogP contribution < -0.4 is 5.73 Å². The molecular weight excluding hydrogens is 255 g/mol. The SMILES string of the molecule is CC(C)(OCCN1ON=CC1C(N)=O)C(F)(F)F. The number of nitrogens with two attached hydrogens (primary N) is 1. The van der Waals surface area contributed by atoms with Crippen LogP contribution in [0, 0.1) is 0 Å². The predicted octanol–water partition coefficient (Wildman–Crippen LogP) is 0.431. The van der Waals surface area contributed by atoms with Crippen molar-refractivity contribution in [2.45, 2.75) is 31.7 Å². The smallest absolute Gasteiger partial charge is 0.368 e. The minimum atomic E-state index is -4.47. The van der Waals surface area contributed by atoms with E-state index in [1.54, 1.807) is 0 Å². The molecule has 9 heteroatoms. The first-order valence-corrected chi connectivity index (χ1v) is 5.12. The minimum Gasteiger partial charge on any atom is -0.368 e. The number of halogens is 3. The molecule has 0 saturated heterocycles. The van der Waals surface area contributed by atoms with Gasteiger partial charge in [0.1, 0.15) is 0 Å². The van der Waals surface area contributed by atoms with Gasteiger partial charge in [-0.2, -0.15) is 13.2 Å². The Morgan fingerprint density at radius 2 is 2.17 bits per heavy atom. The summed E-state index contributed by atoms with van der Waals surface area (Å²) in [6, 6.07) is -0.886. The Bertz CT molecular complexity index is 344. The Kier molecular flexibility index (Phi) is 4.17. The molecule has 0 aliphatic carbocycles. The topological polar surface area (TPSA) is 77.2 Å². The molecule has 1 unspecified atom stereocenters. The molecule has 0 aromatic rings. The zero-order valence-electron chi connectivity index (χ0n) is 9.90. The van der Waals surface area contributed by atoms with E-state index in [0.29, 0.717) is 0 Å². The highest BCUT2D eigenvalue weighted by Gasteiger charge is 2.48. The Morgan fingerprint density at radius 3 is 2.67 bits per heavy atom. The molecule has 0 aromatic carbocycles. The van der Waals surface area contributed by atoms with Crippen LogP contribution in [-0.2, 0) is 14.5 Å². The van der Waals surface area contributed by atoms with E-state index >= 15 is 0 Å². The number of oxime groups is 1. The largest absolute Gasteiger partial charge is 0.416 e. The van der Waals surface area contributed by atoms with Gasteiger partial charge in [0.2, 0.25) is 5.91 Å². The van der Waals surface area contributed by atoms with Crippen LogP contribution >= 0.6 is 0 Å². The fraction of sp³-hybridized carbons (Fsp3) is 0.778. The molecule has 18 heavy (non-hydrogen) atoms. The number of hydrogen-bond donors (Lipinski definition) is 1. The second-order valence-electron chi connectivity index (χ2n) is 4.18. The van der Waals surface area contributed by atoms with Crippen LogP contribution in [0.3, 0.4) is 0 Å². The molecule has 0 bridgehead atoms. The third-order valence-electron chi connectivity index (χ3n) is 2.41. The highest BCUT2D eigenvalue weighted by molar-refractivity contribution is 5.96. The molecular formula is C9H14F3N3O3. The summed E-state index contributed by atoms with van der Waals surface area (Å²) in [5.74, 6) is -0.702. The summed E-state index contributed by atoms with van der Waals surface area (Å²) in [4.78, 5) is 15.6. The molecule has 1 aliphatic rings.